The quantitative estimate of drug-likeness (QED) is 0.573. The van der Waals surface area contributed by atoms with Crippen molar-refractivity contribution >= 4 is 5.97 Å². The third-order valence-corrected chi connectivity index (χ3v) is 3.47. The van der Waals surface area contributed by atoms with E-state index in [9.17, 15) is 4.79 Å². The van der Waals surface area contributed by atoms with Crippen LogP contribution in [0, 0.1) is 5.41 Å². The summed E-state index contributed by atoms with van der Waals surface area (Å²) in [7, 11) is 0. The van der Waals surface area contributed by atoms with Gasteiger partial charge in [0.2, 0.25) is 0 Å². The molecule has 1 aliphatic rings. The Balaban J connectivity index is 2.18. The first-order valence-electron chi connectivity index (χ1n) is 6.07. The van der Waals surface area contributed by atoms with Crippen molar-refractivity contribution < 1.29 is 9.53 Å². The molecule has 1 saturated carbocycles. The van der Waals surface area contributed by atoms with Crippen LogP contribution in [0.25, 0.3) is 0 Å². The van der Waals surface area contributed by atoms with E-state index in [1.165, 1.54) is 5.56 Å². The zero-order valence-corrected chi connectivity index (χ0v) is 10.2. The van der Waals surface area contributed by atoms with E-state index in [2.05, 4.69) is 18.7 Å². The summed E-state index contributed by atoms with van der Waals surface area (Å²) in [5, 5.41) is 0. The van der Waals surface area contributed by atoms with E-state index in [4.69, 9.17) is 4.74 Å². The fourth-order valence-electron chi connectivity index (χ4n) is 2.49. The van der Waals surface area contributed by atoms with Crippen molar-refractivity contribution in [1.82, 2.24) is 0 Å². The molecule has 1 aliphatic carbocycles. The molecule has 0 radical (unpaired) electrons. The summed E-state index contributed by atoms with van der Waals surface area (Å²) >= 11 is 0. The molecule has 2 nitrogen and oxygen atoms in total. The van der Waals surface area contributed by atoms with Crippen LogP contribution in [0.2, 0.25) is 0 Å². The molecule has 1 fully saturated rings. The summed E-state index contributed by atoms with van der Waals surface area (Å²) in [4.78, 5) is 12.0. The standard InChI is InChI=1S/C15H18O2/c1-3-10-15(14(16)17-4-2)11-13(15)12-8-6-5-7-9-12/h3,5-9,13H,1,4,10-11H2,2H3/t13-,15+/m0/s1. The van der Waals surface area contributed by atoms with Gasteiger partial charge in [-0.3, -0.25) is 4.79 Å². The highest BCUT2D eigenvalue weighted by molar-refractivity contribution is 5.82. The summed E-state index contributed by atoms with van der Waals surface area (Å²) in [5.74, 6) is 0.217. The van der Waals surface area contributed by atoms with E-state index in [0.29, 0.717) is 18.9 Å². The molecule has 1 aromatic rings. The number of ether oxygens (including phenoxy) is 1. The van der Waals surface area contributed by atoms with Crippen LogP contribution in [0.4, 0.5) is 0 Å². The Labute approximate surface area is 102 Å². The van der Waals surface area contributed by atoms with Crippen molar-refractivity contribution in [3.05, 3.63) is 48.6 Å². The van der Waals surface area contributed by atoms with Gasteiger partial charge in [-0.05, 0) is 25.3 Å². The normalized spacial score (nSPS) is 26.3. The molecule has 2 rings (SSSR count). The van der Waals surface area contributed by atoms with Crippen LogP contribution in [-0.2, 0) is 9.53 Å². The highest BCUT2D eigenvalue weighted by Crippen LogP contribution is 2.62. The van der Waals surface area contributed by atoms with E-state index < -0.39 is 0 Å². The van der Waals surface area contributed by atoms with Gasteiger partial charge in [-0.15, -0.1) is 6.58 Å². The van der Waals surface area contributed by atoms with Crippen molar-refractivity contribution in [3.63, 3.8) is 0 Å². The maximum absolute atomic E-state index is 12.0. The highest BCUT2D eigenvalue weighted by atomic mass is 16.5. The number of esters is 1. The highest BCUT2D eigenvalue weighted by Gasteiger charge is 2.60. The smallest absolute Gasteiger partial charge is 0.313 e. The van der Waals surface area contributed by atoms with Crippen LogP contribution < -0.4 is 0 Å². The van der Waals surface area contributed by atoms with E-state index in [1.807, 2.05) is 31.2 Å². The molecule has 0 unspecified atom stereocenters. The predicted molar refractivity (Wildman–Crippen MR) is 67.7 cm³/mol. The number of hydrogen-bond donors (Lipinski definition) is 0. The number of allylic oxidation sites excluding steroid dienone is 1. The number of carbonyl (C=O) groups excluding carboxylic acids is 1. The Morgan fingerprint density at radius 2 is 2.24 bits per heavy atom. The first-order chi connectivity index (χ1) is 8.24. The van der Waals surface area contributed by atoms with E-state index >= 15 is 0 Å². The summed E-state index contributed by atoms with van der Waals surface area (Å²) in [6.45, 7) is 6.04. The maximum atomic E-state index is 12.0. The predicted octanol–water partition coefficient (Wildman–Crippen LogP) is 3.30. The molecule has 0 saturated heterocycles. The molecule has 0 spiro atoms. The Kier molecular flexibility index (Phi) is 3.32. The molecule has 0 aromatic heterocycles. The van der Waals surface area contributed by atoms with Crippen LogP contribution in [0.5, 0.6) is 0 Å². The molecular formula is C15H18O2. The van der Waals surface area contributed by atoms with Crippen molar-refractivity contribution in [1.29, 1.82) is 0 Å². The summed E-state index contributed by atoms with van der Waals surface area (Å²) in [5.41, 5.74) is 0.876. The average Bonchev–Trinajstić information content (AvgIpc) is 3.07. The second kappa shape index (κ2) is 4.74. The van der Waals surface area contributed by atoms with E-state index in [0.717, 1.165) is 6.42 Å². The molecule has 90 valence electrons. The number of rotatable bonds is 5. The van der Waals surface area contributed by atoms with Gasteiger partial charge in [0.1, 0.15) is 0 Å². The van der Waals surface area contributed by atoms with E-state index in [1.54, 1.807) is 0 Å². The number of carbonyl (C=O) groups is 1. The van der Waals surface area contributed by atoms with E-state index in [-0.39, 0.29) is 11.4 Å². The fraction of sp³-hybridized carbons (Fsp3) is 0.400. The third-order valence-electron chi connectivity index (χ3n) is 3.47. The first-order valence-corrected chi connectivity index (χ1v) is 6.07. The topological polar surface area (TPSA) is 26.3 Å². The molecule has 1 aromatic carbocycles. The fourth-order valence-corrected chi connectivity index (χ4v) is 2.49. The summed E-state index contributed by atoms with van der Waals surface area (Å²) < 4.78 is 5.19. The Bertz CT molecular complexity index is 410. The SMILES string of the molecule is C=CC[C@@]1(C(=O)OCC)C[C@H]1c1ccccc1. The first kappa shape index (κ1) is 11.9. The van der Waals surface area contributed by atoms with Crippen molar-refractivity contribution in [2.24, 2.45) is 5.41 Å². The van der Waals surface area contributed by atoms with Gasteiger partial charge in [-0.25, -0.2) is 0 Å². The lowest BCUT2D eigenvalue weighted by atomic mass is 9.95. The second-order valence-electron chi connectivity index (χ2n) is 4.54. The lowest BCUT2D eigenvalue weighted by Crippen LogP contribution is -2.20. The molecule has 0 heterocycles. The van der Waals surface area contributed by atoms with Gasteiger partial charge >= 0.3 is 5.97 Å². The van der Waals surface area contributed by atoms with Crippen LogP contribution >= 0.6 is 0 Å². The Morgan fingerprint density at radius 3 is 2.82 bits per heavy atom. The zero-order chi connectivity index (χ0) is 12.3. The summed E-state index contributed by atoms with van der Waals surface area (Å²) in [6.07, 6.45) is 3.40. The average molecular weight is 230 g/mol. The number of benzene rings is 1. The van der Waals surface area contributed by atoms with Gasteiger partial charge in [0.05, 0.1) is 12.0 Å². The minimum atomic E-state index is -0.348. The minimum Gasteiger partial charge on any atom is -0.466 e. The van der Waals surface area contributed by atoms with Crippen molar-refractivity contribution in [3.8, 4) is 0 Å². The van der Waals surface area contributed by atoms with Gasteiger partial charge < -0.3 is 4.74 Å². The summed E-state index contributed by atoms with van der Waals surface area (Å²) in [6, 6.07) is 10.2. The second-order valence-corrected chi connectivity index (χ2v) is 4.54. The molecule has 0 amide bonds. The van der Waals surface area contributed by atoms with Crippen LogP contribution in [0.15, 0.2) is 43.0 Å². The lowest BCUT2D eigenvalue weighted by Gasteiger charge is -2.14. The van der Waals surface area contributed by atoms with Gasteiger partial charge in [-0.2, -0.15) is 0 Å². The molecule has 0 N–H and O–H groups in total. The van der Waals surface area contributed by atoms with Gasteiger partial charge in [-0.1, -0.05) is 36.4 Å². The van der Waals surface area contributed by atoms with Crippen LogP contribution in [0.1, 0.15) is 31.2 Å². The van der Waals surface area contributed by atoms with Crippen molar-refractivity contribution in [2.45, 2.75) is 25.7 Å². The van der Waals surface area contributed by atoms with Crippen molar-refractivity contribution in [2.75, 3.05) is 6.61 Å². The molecule has 2 heteroatoms. The lowest BCUT2D eigenvalue weighted by molar-refractivity contribution is -0.149. The molecule has 17 heavy (non-hydrogen) atoms. The maximum Gasteiger partial charge on any atom is 0.313 e. The Hall–Kier alpha value is -1.57. The third kappa shape index (κ3) is 2.12. The molecular weight excluding hydrogens is 212 g/mol. The van der Waals surface area contributed by atoms with Crippen LogP contribution in [0.3, 0.4) is 0 Å². The zero-order valence-electron chi connectivity index (χ0n) is 10.2. The minimum absolute atomic E-state index is 0.0752. The molecule has 0 bridgehead atoms. The van der Waals surface area contributed by atoms with Gasteiger partial charge in [0, 0.05) is 5.92 Å². The molecule has 0 aliphatic heterocycles. The van der Waals surface area contributed by atoms with Gasteiger partial charge in [0.15, 0.2) is 0 Å². The largest absolute Gasteiger partial charge is 0.466 e. The van der Waals surface area contributed by atoms with Gasteiger partial charge in [0.25, 0.3) is 0 Å². The molecule has 2 atom stereocenters. The Morgan fingerprint density at radius 1 is 1.53 bits per heavy atom. The number of hydrogen-bond acceptors (Lipinski definition) is 2. The van der Waals surface area contributed by atoms with Crippen LogP contribution in [-0.4, -0.2) is 12.6 Å². The monoisotopic (exact) mass is 230 g/mol.